The van der Waals surface area contributed by atoms with Gasteiger partial charge in [0.05, 0.1) is 26.7 Å². The standard InChI is InChI=1S/C25H28O6/c1-24(21(26)29-2)16-25(22(27)30-3,23(28)31-4)15-19(24)20(17-11-7-5-8-12-17)18-13-9-6-10-14-18/h5-14,19-20H,15-16H2,1-4H3/t19-,24+/m0/s1. The Bertz CT molecular complexity index is 883. The second-order valence-corrected chi connectivity index (χ2v) is 8.26. The first-order valence-electron chi connectivity index (χ1n) is 10.2. The molecule has 6 nitrogen and oxygen atoms in total. The summed E-state index contributed by atoms with van der Waals surface area (Å²) in [6.45, 7) is 1.76. The number of hydrogen-bond donors (Lipinski definition) is 0. The molecule has 6 heteroatoms. The van der Waals surface area contributed by atoms with Crippen LogP contribution in [0.2, 0.25) is 0 Å². The van der Waals surface area contributed by atoms with Crippen LogP contribution < -0.4 is 0 Å². The Morgan fingerprint density at radius 3 is 1.58 bits per heavy atom. The van der Waals surface area contributed by atoms with Crippen LogP contribution in [0.15, 0.2) is 60.7 Å². The van der Waals surface area contributed by atoms with Gasteiger partial charge in [0.2, 0.25) is 0 Å². The molecule has 2 aromatic rings. The summed E-state index contributed by atoms with van der Waals surface area (Å²) in [5.74, 6) is -2.52. The summed E-state index contributed by atoms with van der Waals surface area (Å²) in [5.41, 5.74) is -0.731. The molecule has 0 bridgehead atoms. The van der Waals surface area contributed by atoms with E-state index in [9.17, 15) is 14.4 Å². The van der Waals surface area contributed by atoms with Gasteiger partial charge in [-0.3, -0.25) is 14.4 Å². The lowest BCUT2D eigenvalue weighted by Crippen LogP contribution is -2.41. The monoisotopic (exact) mass is 424 g/mol. The van der Waals surface area contributed by atoms with Crippen molar-refractivity contribution in [2.24, 2.45) is 16.7 Å². The molecule has 0 N–H and O–H groups in total. The van der Waals surface area contributed by atoms with Gasteiger partial charge in [-0.05, 0) is 36.8 Å². The molecule has 0 aromatic heterocycles. The van der Waals surface area contributed by atoms with E-state index in [0.717, 1.165) is 11.1 Å². The predicted octanol–water partition coefficient (Wildman–Crippen LogP) is 3.74. The fourth-order valence-electron chi connectivity index (χ4n) is 5.14. The van der Waals surface area contributed by atoms with Gasteiger partial charge in [0.15, 0.2) is 5.41 Å². The van der Waals surface area contributed by atoms with E-state index in [0.29, 0.717) is 0 Å². The Hall–Kier alpha value is -3.15. The lowest BCUT2D eigenvalue weighted by atomic mass is 9.68. The molecule has 0 radical (unpaired) electrons. The molecule has 1 aliphatic carbocycles. The number of carbonyl (C=O) groups excluding carboxylic acids is 3. The van der Waals surface area contributed by atoms with Gasteiger partial charge in [0.1, 0.15) is 0 Å². The molecule has 2 aromatic carbocycles. The first-order chi connectivity index (χ1) is 14.8. The zero-order chi connectivity index (χ0) is 22.6. The van der Waals surface area contributed by atoms with Gasteiger partial charge in [-0.1, -0.05) is 60.7 Å². The minimum atomic E-state index is -1.58. The Morgan fingerprint density at radius 1 is 0.774 bits per heavy atom. The number of methoxy groups -OCH3 is 3. The van der Waals surface area contributed by atoms with Crippen LogP contribution in [-0.4, -0.2) is 39.2 Å². The first kappa shape index (κ1) is 22.5. The van der Waals surface area contributed by atoms with E-state index < -0.39 is 34.7 Å². The minimum Gasteiger partial charge on any atom is -0.469 e. The second kappa shape index (κ2) is 8.92. The molecule has 0 unspecified atom stereocenters. The van der Waals surface area contributed by atoms with Crippen LogP contribution in [0.4, 0.5) is 0 Å². The molecule has 2 atom stereocenters. The van der Waals surface area contributed by atoms with Crippen molar-refractivity contribution in [3.05, 3.63) is 71.8 Å². The number of hydrogen-bond acceptors (Lipinski definition) is 6. The number of benzene rings is 2. The van der Waals surface area contributed by atoms with Gasteiger partial charge in [-0.15, -0.1) is 0 Å². The van der Waals surface area contributed by atoms with Gasteiger partial charge in [0.25, 0.3) is 0 Å². The molecule has 0 spiro atoms. The molecular weight excluding hydrogens is 396 g/mol. The van der Waals surface area contributed by atoms with Crippen LogP contribution in [0, 0.1) is 16.7 Å². The molecule has 0 amide bonds. The van der Waals surface area contributed by atoms with Crippen LogP contribution >= 0.6 is 0 Å². The molecule has 1 fully saturated rings. The zero-order valence-corrected chi connectivity index (χ0v) is 18.3. The maximum Gasteiger partial charge on any atom is 0.323 e. The molecular formula is C25H28O6. The molecule has 164 valence electrons. The molecule has 1 aliphatic rings. The average molecular weight is 424 g/mol. The van der Waals surface area contributed by atoms with Gasteiger partial charge in [0, 0.05) is 5.92 Å². The van der Waals surface area contributed by atoms with Gasteiger partial charge in [-0.25, -0.2) is 0 Å². The maximum absolute atomic E-state index is 13.1. The lowest BCUT2D eigenvalue weighted by Gasteiger charge is -2.35. The molecule has 3 rings (SSSR count). The smallest absolute Gasteiger partial charge is 0.323 e. The largest absolute Gasteiger partial charge is 0.469 e. The number of ether oxygens (including phenoxy) is 3. The molecule has 1 saturated carbocycles. The Kier molecular flexibility index (Phi) is 6.48. The third kappa shape index (κ3) is 3.82. The highest BCUT2D eigenvalue weighted by molar-refractivity contribution is 6.01. The fraction of sp³-hybridized carbons (Fsp3) is 0.400. The Balaban J connectivity index is 2.23. The van der Waals surface area contributed by atoms with E-state index in [1.165, 1.54) is 21.3 Å². The predicted molar refractivity (Wildman–Crippen MR) is 114 cm³/mol. The lowest BCUT2D eigenvalue weighted by molar-refractivity contribution is -0.169. The maximum atomic E-state index is 13.1. The van der Waals surface area contributed by atoms with E-state index in [1.807, 2.05) is 60.7 Å². The van der Waals surface area contributed by atoms with E-state index in [2.05, 4.69) is 0 Å². The first-order valence-corrected chi connectivity index (χ1v) is 10.2. The van der Waals surface area contributed by atoms with Crippen molar-refractivity contribution in [1.82, 2.24) is 0 Å². The summed E-state index contributed by atoms with van der Waals surface area (Å²) in [7, 11) is 3.80. The van der Waals surface area contributed by atoms with Crippen molar-refractivity contribution in [1.29, 1.82) is 0 Å². The van der Waals surface area contributed by atoms with Crippen molar-refractivity contribution in [3.63, 3.8) is 0 Å². The fourth-order valence-corrected chi connectivity index (χ4v) is 5.14. The topological polar surface area (TPSA) is 78.9 Å². The Morgan fingerprint density at radius 2 is 1.19 bits per heavy atom. The van der Waals surface area contributed by atoms with Crippen LogP contribution in [0.1, 0.15) is 36.8 Å². The summed E-state index contributed by atoms with van der Waals surface area (Å²) < 4.78 is 15.2. The van der Waals surface area contributed by atoms with E-state index in [1.54, 1.807) is 6.92 Å². The van der Waals surface area contributed by atoms with Crippen molar-refractivity contribution >= 4 is 17.9 Å². The third-order valence-electron chi connectivity index (χ3n) is 6.58. The highest BCUT2D eigenvalue weighted by Crippen LogP contribution is 2.60. The van der Waals surface area contributed by atoms with Crippen LogP contribution in [0.3, 0.4) is 0 Å². The minimum absolute atomic E-state index is 0.0488. The van der Waals surface area contributed by atoms with Gasteiger partial charge in [-0.2, -0.15) is 0 Å². The van der Waals surface area contributed by atoms with E-state index >= 15 is 0 Å². The Labute approximate surface area is 182 Å². The van der Waals surface area contributed by atoms with Crippen LogP contribution in [-0.2, 0) is 28.6 Å². The zero-order valence-electron chi connectivity index (χ0n) is 18.3. The summed E-state index contributed by atoms with van der Waals surface area (Å²) in [6, 6.07) is 19.6. The van der Waals surface area contributed by atoms with E-state index in [4.69, 9.17) is 14.2 Å². The quantitative estimate of drug-likeness (QED) is 0.399. The third-order valence-corrected chi connectivity index (χ3v) is 6.58. The highest BCUT2D eigenvalue weighted by atomic mass is 16.5. The summed E-state index contributed by atoms with van der Waals surface area (Å²) in [6.07, 6.45) is 0.0548. The molecule has 31 heavy (non-hydrogen) atoms. The van der Waals surface area contributed by atoms with Crippen LogP contribution in [0.5, 0.6) is 0 Å². The molecule has 0 aliphatic heterocycles. The highest BCUT2D eigenvalue weighted by Gasteiger charge is 2.66. The van der Waals surface area contributed by atoms with Crippen molar-refractivity contribution in [2.45, 2.75) is 25.7 Å². The second-order valence-electron chi connectivity index (χ2n) is 8.26. The number of rotatable bonds is 6. The number of esters is 3. The summed E-state index contributed by atoms with van der Waals surface area (Å²) in [4.78, 5) is 38.9. The average Bonchev–Trinajstić information content (AvgIpc) is 3.14. The van der Waals surface area contributed by atoms with Gasteiger partial charge < -0.3 is 14.2 Å². The molecule has 0 heterocycles. The van der Waals surface area contributed by atoms with Gasteiger partial charge >= 0.3 is 17.9 Å². The van der Waals surface area contributed by atoms with Crippen molar-refractivity contribution in [3.8, 4) is 0 Å². The van der Waals surface area contributed by atoms with Crippen LogP contribution in [0.25, 0.3) is 0 Å². The molecule has 0 saturated heterocycles. The van der Waals surface area contributed by atoms with Crippen molar-refractivity contribution in [2.75, 3.05) is 21.3 Å². The normalized spacial score (nSPS) is 22.0. The SMILES string of the molecule is COC(=O)C1(C(=O)OC)C[C@@H](C(c2ccccc2)c2ccccc2)[C@](C)(C(=O)OC)C1. The summed E-state index contributed by atoms with van der Waals surface area (Å²) >= 11 is 0. The van der Waals surface area contributed by atoms with Crippen molar-refractivity contribution < 1.29 is 28.6 Å². The summed E-state index contributed by atoms with van der Waals surface area (Å²) in [5, 5.41) is 0. The van der Waals surface area contributed by atoms with E-state index in [-0.39, 0.29) is 18.8 Å². The number of carbonyl (C=O) groups is 3.